The molecule has 2 aromatic heterocycles. The Hall–Kier alpha value is -2.11. The molecule has 0 bridgehead atoms. The average molecular weight is 220 g/mol. The maximum Gasteiger partial charge on any atom is 0.290 e. The van der Waals surface area contributed by atoms with E-state index in [0.29, 0.717) is 12.4 Å². The first-order chi connectivity index (χ1) is 7.66. The van der Waals surface area contributed by atoms with Gasteiger partial charge in [0.15, 0.2) is 5.82 Å². The fraction of sp³-hybridized carbons (Fsp3) is 0.300. The summed E-state index contributed by atoms with van der Waals surface area (Å²) in [6, 6.07) is 0. The number of aromatic amines is 1. The lowest BCUT2D eigenvalue weighted by Crippen LogP contribution is -2.15. The van der Waals surface area contributed by atoms with Crippen LogP contribution < -0.4 is 10.9 Å². The quantitative estimate of drug-likeness (QED) is 0.805. The van der Waals surface area contributed by atoms with Crippen molar-refractivity contribution >= 4 is 5.82 Å². The van der Waals surface area contributed by atoms with Crippen molar-refractivity contribution in [3.05, 3.63) is 40.1 Å². The van der Waals surface area contributed by atoms with Crippen molar-refractivity contribution in [3.63, 3.8) is 0 Å². The normalized spacial score (nSPS) is 10.4. The van der Waals surface area contributed by atoms with Crippen LogP contribution in [-0.2, 0) is 6.54 Å². The number of hydrogen-bond acceptors (Lipinski definition) is 5. The fourth-order valence-electron chi connectivity index (χ4n) is 1.25. The van der Waals surface area contributed by atoms with Gasteiger partial charge in [-0.1, -0.05) is 0 Å². The van der Waals surface area contributed by atoms with E-state index < -0.39 is 0 Å². The van der Waals surface area contributed by atoms with Gasteiger partial charge in [0.1, 0.15) is 5.76 Å². The van der Waals surface area contributed by atoms with Crippen molar-refractivity contribution in [1.29, 1.82) is 0 Å². The van der Waals surface area contributed by atoms with Gasteiger partial charge < -0.3 is 14.7 Å². The van der Waals surface area contributed by atoms with E-state index in [2.05, 4.69) is 20.3 Å². The van der Waals surface area contributed by atoms with Crippen LogP contribution in [0.3, 0.4) is 0 Å². The van der Waals surface area contributed by atoms with E-state index in [4.69, 9.17) is 4.42 Å². The summed E-state index contributed by atoms with van der Waals surface area (Å²) in [6.45, 7) is 4.06. The Morgan fingerprint density at radius 3 is 2.94 bits per heavy atom. The highest BCUT2D eigenvalue weighted by Crippen LogP contribution is 2.08. The van der Waals surface area contributed by atoms with Crippen LogP contribution in [0.4, 0.5) is 5.82 Å². The second kappa shape index (κ2) is 4.18. The van der Waals surface area contributed by atoms with Crippen molar-refractivity contribution in [3.8, 4) is 0 Å². The van der Waals surface area contributed by atoms with Crippen LogP contribution in [0.2, 0.25) is 0 Å². The van der Waals surface area contributed by atoms with E-state index in [0.717, 1.165) is 11.5 Å². The van der Waals surface area contributed by atoms with E-state index in [1.54, 1.807) is 0 Å². The largest absolute Gasteiger partial charge is 0.444 e. The first-order valence-electron chi connectivity index (χ1n) is 4.87. The molecule has 0 aliphatic rings. The zero-order valence-electron chi connectivity index (χ0n) is 9.07. The minimum absolute atomic E-state index is 0.260. The molecule has 0 spiro atoms. The van der Waals surface area contributed by atoms with Crippen molar-refractivity contribution < 1.29 is 4.42 Å². The standard InChI is InChI=1S/C10H12N4O2/c1-6-7(2)16-8(14-6)5-13-9-10(15)12-4-3-11-9/h3-4H,5H2,1-2H3,(H,11,13)(H,12,15). The first kappa shape index (κ1) is 10.4. The molecule has 2 rings (SSSR count). The first-order valence-corrected chi connectivity index (χ1v) is 4.87. The van der Waals surface area contributed by atoms with Gasteiger partial charge >= 0.3 is 0 Å². The summed E-state index contributed by atoms with van der Waals surface area (Å²) in [5.41, 5.74) is 0.592. The number of oxazole rings is 1. The van der Waals surface area contributed by atoms with Gasteiger partial charge in [-0.05, 0) is 13.8 Å². The molecule has 0 aliphatic carbocycles. The Morgan fingerprint density at radius 2 is 2.31 bits per heavy atom. The third-order valence-corrected chi connectivity index (χ3v) is 2.19. The van der Waals surface area contributed by atoms with Crippen molar-refractivity contribution in [2.24, 2.45) is 0 Å². The topological polar surface area (TPSA) is 83.8 Å². The van der Waals surface area contributed by atoms with Gasteiger partial charge in [-0.15, -0.1) is 0 Å². The molecule has 2 aromatic rings. The number of nitrogens with zero attached hydrogens (tertiary/aromatic N) is 2. The fourth-order valence-corrected chi connectivity index (χ4v) is 1.25. The second-order valence-corrected chi connectivity index (χ2v) is 3.37. The maximum absolute atomic E-state index is 11.3. The SMILES string of the molecule is Cc1nc(CNc2ncc[nH]c2=O)oc1C. The van der Waals surface area contributed by atoms with Crippen LogP contribution in [0, 0.1) is 13.8 Å². The molecule has 6 nitrogen and oxygen atoms in total. The van der Waals surface area contributed by atoms with Crippen molar-refractivity contribution in [2.45, 2.75) is 20.4 Å². The molecule has 2 N–H and O–H groups in total. The van der Waals surface area contributed by atoms with Crippen LogP contribution in [0.5, 0.6) is 0 Å². The van der Waals surface area contributed by atoms with Crippen LogP contribution in [0.15, 0.2) is 21.6 Å². The van der Waals surface area contributed by atoms with Gasteiger partial charge in [0.05, 0.1) is 12.2 Å². The summed E-state index contributed by atoms with van der Waals surface area (Å²) in [7, 11) is 0. The maximum atomic E-state index is 11.3. The van der Waals surface area contributed by atoms with Gasteiger partial charge in [-0.2, -0.15) is 0 Å². The predicted octanol–water partition coefficient (Wildman–Crippen LogP) is 0.987. The zero-order valence-corrected chi connectivity index (χ0v) is 9.07. The van der Waals surface area contributed by atoms with Gasteiger partial charge in [0.2, 0.25) is 5.89 Å². The van der Waals surface area contributed by atoms with Gasteiger partial charge in [0.25, 0.3) is 5.56 Å². The minimum atomic E-state index is -0.262. The van der Waals surface area contributed by atoms with E-state index in [9.17, 15) is 4.79 Å². The highest BCUT2D eigenvalue weighted by atomic mass is 16.4. The summed E-state index contributed by atoms with van der Waals surface area (Å²) < 4.78 is 5.36. The Morgan fingerprint density at radius 1 is 1.50 bits per heavy atom. The number of aromatic nitrogens is 3. The zero-order chi connectivity index (χ0) is 11.5. The molecule has 0 atom stereocenters. The highest BCUT2D eigenvalue weighted by molar-refractivity contribution is 5.30. The third kappa shape index (κ3) is 2.10. The summed E-state index contributed by atoms with van der Waals surface area (Å²) >= 11 is 0. The Kier molecular flexibility index (Phi) is 2.72. The molecule has 0 unspecified atom stereocenters. The van der Waals surface area contributed by atoms with Crippen LogP contribution in [0.1, 0.15) is 17.3 Å². The van der Waals surface area contributed by atoms with Crippen LogP contribution >= 0.6 is 0 Å². The molecule has 0 saturated heterocycles. The monoisotopic (exact) mass is 220 g/mol. The number of hydrogen-bond donors (Lipinski definition) is 2. The van der Waals surface area contributed by atoms with E-state index >= 15 is 0 Å². The van der Waals surface area contributed by atoms with E-state index in [-0.39, 0.29) is 11.4 Å². The minimum Gasteiger partial charge on any atom is -0.444 e. The predicted molar refractivity (Wildman–Crippen MR) is 58.2 cm³/mol. The number of H-pyrrole nitrogens is 1. The molecule has 2 heterocycles. The lowest BCUT2D eigenvalue weighted by atomic mass is 10.4. The van der Waals surface area contributed by atoms with Gasteiger partial charge in [-0.25, -0.2) is 9.97 Å². The Balaban J connectivity index is 2.08. The molecule has 6 heteroatoms. The molecular formula is C10H12N4O2. The highest BCUT2D eigenvalue weighted by Gasteiger charge is 2.06. The molecule has 0 radical (unpaired) electrons. The summed E-state index contributed by atoms with van der Waals surface area (Å²) in [4.78, 5) is 21.9. The third-order valence-electron chi connectivity index (χ3n) is 2.19. The molecule has 0 aliphatic heterocycles. The second-order valence-electron chi connectivity index (χ2n) is 3.37. The van der Waals surface area contributed by atoms with Crippen LogP contribution in [0.25, 0.3) is 0 Å². The number of nitrogens with one attached hydrogen (secondary N) is 2. The van der Waals surface area contributed by atoms with Crippen LogP contribution in [-0.4, -0.2) is 15.0 Å². The molecular weight excluding hydrogens is 208 g/mol. The Bertz CT molecular complexity index is 524. The lowest BCUT2D eigenvalue weighted by molar-refractivity contribution is 0.478. The summed E-state index contributed by atoms with van der Waals surface area (Å²) in [5.74, 6) is 1.59. The molecule has 16 heavy (non-hydrogen) atoms. The molecule has 0 amide bonds. The van der Waals surface area contributed by atoms with Crippen molar-refractivity contribution in [1.82, 2.24) is 15.0 Å². The molecule has 0 aromatic carbocycles. The van der Waals surface area contributed by atoms with E-state index in [1.165, 1.54) is 12.4 Å². The average Bonchev–Trinajstić information content (AvgIpc) is 2.57. The lowest BCUT2D eigenvalue weighted by Gasteiger charge is -1.99. The summed E-state index contributed by atoms with van der Waals surface area (Å²) in [5, 5.41) is 2.86. The van der Waals surface area contributed by atoms with Crippen molar-refractivity contribution in [2.75, 3.05) is 5.32 Å². The molecule has 0 saturated carbocycles. The number of rotatable bonds is 3. The smallest absolute Gasteiger partial charge is 0.290 e. The summed E-state index contributed by atoms with van der Waals surface area (Å²) in [6.07, 6.45) is 2.99. The number of aryl methyl sites for hydroxylation is 2. The number of anilines is 1. The molecule has 0 fully saturated rings. The van der Waals surface area contributed by atoms with Gasteiger partial charge in [0, 0.05) is 12.4 Å². The Labute approximate surface area is 91.7 Å². The van der Waals surface area contributed by atoms with E-state index in [1.807, 2.05) is 13.8 Å². The molecule has 84 valence electrons. The van der Waals surface area contributed by atoms with Gasteiger partial charge in [-0.3, -0.25) is 4.79 Å².